The smallest absolute Gasteiger partial charge is 0.307 e. The normalized spacial score (nSPS) is 11.4. The maximum Gasteiger partial charge on any atom is 0.307 e. The van der Waals surface area contributed by atoms with Gasteiger partial charge in [0.2, 0.25) is 0 Å². The van der Waals surface area contributed by atoms with Crippen molar-refractivity contribution in [2.45, 2.75) is 27.3 Å². The molecule has 4 rings (SSSR count). The highest BCUT2D eigenvalue weighted by Gasteiger charge is 2.17. The third-order valence-electron chi connectivity index (χ3n) is 5.02. The summed E-state index contributed by atoms with van der Waals surface area (Å²) in [5.74, 6) is -0.0986. The minimum Gasteiger partial charge on any atom is -0.451 e. The first kappa shape index (κ1) is 18.7. The fraction of sp³-hybridized carbons (Fsp3) is 0.174. The Labute approximate surface area is 168 Å². The summed E-state index contributed by atoms with van der Waals surface area (Å²) in [6.45, 7) is 6.48. The monoisotopic (exact) mass is 386 g/mol. The number of aryl methyl sites for hydroxylation is 2. The van der Waals surface area contributed by atoms with Crippen LogP contribution in [-0.4, -0.2) is 21.9 Å². The van der Waals surface area contributed by atoms with E-state index in [1.165, 1.54) is 5.56 Å². The Bertz CT molecular complexity index is 1200. The minimum absolute atomic E-state index is 0.275. The third kappa shape index (κ3) is 3.69. The van der Waals surface area contributed by atoms with Gasteiger partial charge in [-0.3, -0.25) is 9.48 Å². The lowest BCUT2D eigenvalue weighted by Gasteiger charge is -2.04. The lowest BCUT2D eigenvalue weighted by atomic mass is 10.1. The second-order valence-corrected chi connectivity index (χ2v) is 6.98. The fourth-order valence-corrected chi connectivity index (χ4v) is 3.41. The van der Waals surface area contributed by atoms with Gasteiger partial charge in [-0.25, -0.2) is 5.43 Å². The molecule has 146 valence electrons. The molecule has 0 aliphatic heterocycles. The zero-order valence-electron chi connectivity index (χ0n) is 16.6. The molecule has 0 spiro atoms. The Hall–Kier alpha value is -3.67. The summed E-state index contributed by atoms with van der Waals surface area (Å²) in [5.41, 5.74) is 7.97. The van der Waals surface area contributed by atoms with E-state index in [1.54, 1.807) is 6.21 Å². The van der Waals surface area contributed by atoms with Crippen LogP contribution in [0, 0.1) is 20.8 Å². The van der Waals surface area contributed by atoms with Crippen molar-refractivity contribution in [3.05, 3.63) is 88.4 Å². The van der Waals surface area contributed by atoms with E-state index in [2.05, 4.69) is 27.8 Å². The number of amides is 1. The van der Waals surface area contributed by atoms with Crippen molar-refractivity contribution in [2.24, 2.45) is 5.10 Å². The van der Waals surface area contributed by atoms with Crippen LogP contribution in [0.15, 0.2) is 64.1 Å². The van der Waals surface area contributed by atoms with Crippen LogP contribution >= 0.6 is 0 Å². The number of nitrogens with zero attached hydrogens (tertiary/aromatic N) is 3. The van der Waals surface area contributed by atoms with E-state index in [1.807, 2.05) is 67.9 Å². The SMILES string of the molecule is Cc1nn(Cc2ccccc2)c(C)c1/C=N\NC(=O)c1oc2ccccc2c1C. The predicted molar refractivity (Wildman–Crippen MR) is 113 cm³/mol. The fourth-order valence-electron chi connectivity index (χ4n) is 3.41. The first-order chi connectivity index (χ1) is 14.0. The van der Waals surface area contributed by atoms with Crippen molar-refractivity contribution >= 4 is 23.1 Å². The van der Waals surface area contributed by atoms with Gasteiger partial charge in [0.15, 0.2) is 5.76 Å². The third-order valence-corrected chi connectivity index (χ3v) is 5.02. The summed E-state index contributed by atoms with van der Waals surface area (Å²) in [5, 5.41) is 9.66. The number of carbonyl (C=O) groups excluding carboxylic acids is 1. The van der Waals surface area contributed by atoms with Crippen LogP contribution < -0.4 is 5.43 Å². The summed E-state index contributed by atoms with van der Waals surface area (Å²) >= 11 is 0. The number of aromatic nitrogens is 2. The number of para-hydroxylation sites is 1. The summed E-state index contributed by atoms with van der Waals surface area (Å²) in [7, 11) is 0. The van der Waals surface area contributed by atoms with E-state index in [0.29, 0.717) is 12.1 Å². The molecule has 1 N–H and O–H groups in total. The molecule has 0 radical (unpaired) electrons. The van der Waals surface area contributed by atoms with Gasteiger partial charge in [0.1, 0.15) is 5.58 Å². The van der Waals surface area contributed by atoms with Crippen LogP contribution in [0.2, 0.25) is 0 Å². The molecule has 0 aliphatic carbocycles. The van der Waals surface area contributed by atoms with Gasteiger partial charge in [0, 0.05) is 22.2 Å². The number of hydrazone groups is 1. The lowest BCUT2D eigenvalue weighted by molar-refractivity contribution is 0.0929. The molecule has 0 bridgehead atoms. The first-order valence-corrected chi connectivity index (χ1v) is 9.44. The molecule has 4 aromatic rings. The number of benzene rings is 2. The van der Waals surface area contributed by atoms with Crippen molar-refractivity contribution in [1.82, 2.24) is 15.2 Å². The highest BCUT2D eigenvalue weighted by atomic mass is 16.3. The van der Waals surface area contributed by atoms with Crippen molar-refractivity contribution < 1.29 is 9.21 Å². The summed E-state index contributed by atoms with van der Waals surface area (Å²) in [4.78, 5) is 12.5. The molecule has 0 aliphatic rings. The molecule has 2 aromatic heterocycles. The first-order valence-electron chi connectivity index (χ1n) is 9.44. The van der Waals surface area contributed by atoms with Gasteiger partial charge in [-0.1, -0.05) is 48.5 Å². The second-order valence-electron chi connectivity index (χ2n) is 6.98. The number of rotatable bonds is 5. The van der Waals surface area contributed by atoms with Crippen molar-refractivity contribution in [3.63, 3.8) is 0 Å². The molecule has 6 nitrogen and oxygen atoms in total. The molecule has 1 amide bonds. The zero-order chi connectivity index (χ0) is 20.4. The van der Waals surface area contributed by atoms with Crippen LogP contribution in [0.25, 0.3) is 11.0 Å². The van der Waals surface area contributed by atoms with E-state index < -0.39 is 0 Å². The van der Waals surface area contributed by atoms with Crippen LogP contribution in [0.1, 0.15) is 38.6 Å². The average Bonchev–Trinajstić information content (AvgIpc) is 3.20. The standard InChI is InChI=1S/C23H22N4O2/c1-15-19-11-7-8-12-21(19)29-22(15)23(28)25-24-13-20-16(2)26-27(17(20)3)14-18-9-5-4-6-10-18/h4-13H,14H2,1-3H3,(H,25,28)/b24-13-. The van der Waals surface area contributed by atoms with Crippen LogP contribution in [0.4, 0.5) is 0 Å². The van der Waals surface area contributed by atoms with E-state index in [4.69, 9.17) is 4.42 Å². The Morgan fingerprint density at radius 3 is 2.59 bits per heavy atom. The number of hydrogen-bond acceptors (Lipinski definition) is 4. The number of furan rings is 1. The molecule has 0 saturated heterocycles. The average molecular weight is 386 g/mol. The number of nitrogens with one attached hydrogen (secondary N) is 1. The molecule has 6 heteroatoms. The Morgan fingerprint density at radius 1 is 1.10 bits per heavy atom. The molecule has 2 heterocycles. The topological polar surface area (TPSA) is 72.4 Å². The van der Waals surface area contributed by atoms with Gasteiger partial charge in [0.25, 0.3) is 0 Å². The quantitative estimate of drug-likeness (QED) is 0.409. The predicted octanol–water partition coefficient (Wildman–Crippen LogP) is 4.37. The van der Waals surface area contributed by atoms with Crippen LogP contribution in [0.5, 0.6) is 0 Å². The molecule has 0 saturated carbocycles. The van der Waals surface area contributed by atoms with E-state index >= 15 is 0 Å². The minimum atomic E-state index is -0.373. The van der Waals surface area contributed by atoms with Gasteiger partial charge < -0.3 is 4.42 Å². The molecule has 29 heavy (non-hydrogen) atoms. The maximum atomic E-state index is 12.5. The molecule has 0 fully saturated rings. The van der Waals surface area contributed by atoms with Gasteiger partial charge >= 0.3 is 5.91 Å². The summed E-state index contributed by atoms with van der Waals surface area (Å²) in [6, 6.07) is 17.7. The maximum absolute atomic E-state index is 12.5. The van der Waals surface area contributed by atoms with Gasteiger partial charge in [-0.15, -0.1) is 0 Å². The van der Waals surface area contributed by atoms with E-state index in [9.17, 15) is 4.79 Å². The van der Waals surface area contributed by atoms with E-state index in [-0.39, 0.29) is 11.7 Å². The second kappa shape index (κ2) is 7.75. The van der Waals surface area contributed by atoms with Gasteiger partial charge in [-0.05, 0) is 32.4 Å². The largest absolute Gasteiger partial charge is 0.451 e. The van der Waals surface area contributed by atoms with E-state index in [0.717, 1.165) is 27.9 Å². The van der Waals surface area contributed by atoms with Crippen LogP contribution in [-0.2, 0) is 6.54 Å². The lowest BCUT2D eigenvalue weighted by Crippen LogP contribution is -2.18. The summed E-state index contributed by atoms with van der Waals surface area (Å²) < 4.78 is 7.62. The Morgan fingerprint density at radius 2 is 1.83 bits per heavy atom. The Balaban J connectivity index is 1.50. The summed E-state index contributed by atoms with van der Waals surface area (Å²) in [6.07, 6.45) is 1.63. The molecular weight excluding hydrogens is 364 g/mol. The van der Waals surface area contributed by atoms with Gasteiger partial charge in [-0.2, -0.15) is 10.2 Å². The number of hydrogen-bond donors (Lipinski definition) is 1. The number of fused-ring (bicyclic) bond motifs is 1. The highest BCUT2D eigenvalue weighted by Crippen LogP contribution is 2.24. The zero-order valence-corrected chi connectivity index (χ0v) is 16.6. The highest BCUT2D eigenvalue weighted by molar-refractivity contribution is 5.99. The molecule has 2 aromatic carbocycles. The van der Waals surface area contributed by atoms with Crippen molar-refractivity contribution in [1.29, 1.82) is 0 Å². The number of carbonyl (C=O) groups is 1. The van der Waals surface area contributed by atoms with Crippen LogP contribution in [0.3, 0.4) is 0 Å². The Kier molecular flexibility index (Phi) is 4.99. The van der Waals surface area contributed by atoms with Crippen molar-refractivity contribution in [2.75, 3.05) is 0 Å². The van der Waals surface area contributed by atoms with Crippen molar-refractivity contribution in [3.8, 4) is 0 Å². The molecular formula is C23H22N4O2. The molecule has 0 atom stereocenters. The molecule has 0 unspecified atom stereocenters. The van der Waals surface area contributed by atoms with Gasteiger partial charge in [0.05, 0.1) is 18.5 Å².